The lowest BCUT2D eigenvalue weighted by atomic mass is 10.0. The second-order valence-corrected chi connectivity index (χ2v) is 7.17. The summed E-state index contributed by atoms with van der Waals surface area (Å²) in [6.07, 6.45) is 6.05. The molecule has 0 amide bonds. The first-order valence-electron chi connectivity index (χ1n) is 8.54. The maximum atomic E-state index is 5.23. The average Bonchev–Trinajstić information content (AvgIpc) is 2.96. The van der Waals surface area contributed by atoms with Crippen LogP contribution in [0, 0.1) is 11.8 Å². The lowest BCUT2D eigenvalue weighted by Gasteiger charge is -2.21. The largest absolute Gasteiger partial charge is 0.360 e. The molecule has 1 saturated carbocycles. The van der Waals surface area contributed by atoms with Crippen molar-refractivity contribution in [2.24, 2.45) is 11.8 Å². The van der Waals surface area contributed by atoms with Gasteiger partial charge in [-0.25, -0.2) is 9.97 Å². The summed E-state index contributed by atoms with van der Waals surface area (Å²) in [4.78, 5) is 13.9. The predicted molar refractivity (Wildman–Crippen MR) is 85.0 cm³/mol. The molecule has 0 spiro atoms. The van der Waals surface area contributed by atoms with E-state index in [1.54, 1.807) is 12.5 Å². The Morgan fingerprint density at radius 1 is 1.09 bits per heavy atom. The van der Waals surface area contributed by atoms with E-state index in [0.717, 1.165) is 56.1 Å². The summed E-state index contributed by atoms with van der Waals surface area (Å²) in [5, 5.41) is 3.79. The standard InChI is InChI=1S/C17H21N5O/c1-2-12(1)16-5-17(19-11-18-16)22-8-13-6-21(7-14(13)9-22)10-15-3-4-20-23-15/h3-5,11-14H,1-2,6-10H2. The Morgan fingerprint density at radius 3 is 2.61 bits per heavy atom. The van der Waals surface area contributed by atoms with Crippen molar-refractivity contribution >= 4 is 5.82 Å². The minimum atomic E-state index is 0.691. The van der Waals surface area contributed by atoms with Gasteiger partial charge in [-0.05, 0) is 24.7 Å². The van der Waals surface area contributed by atoms with Crippen molar-refractivity contribution in [3.8, 4) is 0 Å². The lowest BCUT2D eigenvalue weighted by molar-refractivity contribution is 0.261. The number of aromatic nitrogens is 3. The summed E-state index contributed by atoms with van der Waals surface area (Å²) in [5.74, 6) is 4.25. The summed E-state index contributed by atoms with van der Waals surface area (Å²) < 4.78 is 5.23. The fourth-order valence-electron chi connectivity index (χ4n) is 4.09. The molecule has 23 heavy (non-hydrogen) atoms. The van der Waals surface area contributed by atoms with E-state index in [9.17, 15) is 0 Å². The van der Waals surface area contributed by atoms with E-state index in [-0.39, 0.29) is 0 Å². The first-order valence-corrected chi connectivity index (χ1v) is 8.54. The quantitative estimate of drug-likeness (QED) is 0.860. The zero-order chi connectivity index (χ0) is 15.2. The minimum Gasteiger partial charge on any atom is -0.360 e. The molecule has 6 nitrogen and oxygen atoms in total. The average molecular weight is 311 g/mol. The van der Waals surface area contributed by atoms with E-state index in [4.69, 9.17) is 4.52 Å². The number of hydrogen-bond donors (Lipinski definition) is 0. The molecule has 2 unspecified atom stereocenters. The highest BCUT2D eigenvalue weighted by atomic mass is 16.5. The van der Waals surface area contributed by atoms with E-state index in [0.29, 0.717) is 5.92 Å². The number of anilines is 1. The van der Waals surface area contributed by atoms with Crippen LogP contribution < -0.4 is 4.90 Å². The van der Waals surface area contributed by atoms with Gasteiger partial charge >= 0.3 is 0 Å². The summed E-state index contributed by atoms with van der Waals surface area (Å²) in [5.41, 5.74) is 1.24. The summed E-state index contributed by atoms with van der Waals surface area (Å²) in [7, 11) is 0. The van der Waals surface area contributed by atoms with Crippen LogP contribution in [0.1, 0.15) is 30.2 Å². The fraction of sp³-hybridized carbons (Fsp3) is 0.588. The van der Waals surface area contributed by atoms with Gasteiger partial charge in [-0.1, -0.05) is 5.16 Å². The molecule has 5 rings (SSSR count). The van der Waals surface area contributed by atoms with Crippen LogP contribution in [-0.4, -0.2) is 46.2 Å². The molecule has 2 atom stereocenters. The molecule has 2 aromatic heterocycles. The molecule has 2 saturated heterocycles. The molecular weight excluding hydrogens is 290 g/mol. The topological polar surface area (TPSA) is 58.3 Å². The Hall–Kier alpha value is -1.95. The van der Waals surface area contributed by atoms with Crippen LogP contribution in [0.4, 0.5) is 5.82 Å². The second-order valence-electron chi connectivity index (χ2n) is 7.17. The van der Waals surface area contributed by atoms with Crippen LogP contribution in [0.15, 0.2) is 29.2 Å². The molecule has 120 valence electrons. The summed E-state index contributed by atoms with van der Waals surface area (Å²) >= 11 is 0. The highest BCUT2D eigenvalue weighted by molar-refractivity contribution is 5.42. The van der Waals surface area contributed by atoms with Crippen LogP contribution in [0.2, 0.25) is 0 Å². The van der Waals surface area contributed by atoms with Crippen molar-refractivity contribution in [2.75, 3.05) is 31.1 Å². The van der Waals surface area contributed by atoms with E-state index in [2.05, 4.69) is 31.0 Å². The Balaban J connectivity index is 1.24. The van der Waals surface area contributed by atoms with Crippen LogP contribution in [0.25, 0.3) is 0 Å². The van der Waals surface area contributed by atoms with Gasteiger partial charge in [0.1, 0.15) is 12.1 Å². The zero-order valence-corrected chi connectivity index (χ0v) is 13.1. The Kier molecular flexibility index (Phi) is 3.11. The van der Waals surface area contributed by atoms with Gasteiger partial charge in [0.05, 0.1) is 12.7 Å². The van der Waals surface area contributed by atoms with Crippen LogP contribution in [0.5, 0.6) is 0 Å². The molecule has 0 radical (unpaired) electrons. The van der Waals surface area contributed by atoms with Crippen molar-refractivity contribution in [1.82, 2.24) is 20.0 Å². The molecule has 3 aliphatic rings. The van der Waals surface area contributed by atoms with Crippen molar-refractivity contribution in [3.05, 3.63) is 36.1 Å². The van der Waals surface area contributed by atoms with E-state index in [1.165, 1.54) is 18.5 Å². The van der Waals surface area contributed by atoms with Crippen LogP contribution in [0.3, 0.4) is 0 Å². The first kappa shape index (κ1) is 13.5. The smallest absolute Gasteiger partial charge is 0.150 e. The van der Waals surface area contributed by atoms with Gasteiger partial charge in [0.25, 0.3) is 0 Å². The number of rotatable bonds is 4. The monoisotopic (exact) mass is 311 g/mol. The normalized spacial score (nSPS) is 27.6. The molecule has 6 heteroatoms. The third-order valence-corrected chi connectivity index (χ3v) is 5.43. The van der Waals surface area contributed by atoms with Crippen molar-refractivity contribution in [3.63, 3.8) is 0 Å². The second kappa shape index (κ2) is 5.30. The number of nitrogens with zero attached hydrogens (tertiary/aromatic N) is 5. The highest BCUT2D eigenvalue weighted by Crippen LogP contribution is 2.40. The molecule has 1 aliphatic carbocycles. The number of fused-ring (bicyclic) bond motifs is 1. The number of hydrogen-bond acceptors (Lipinski definition) is 6. The Labute approximate surface area is 135 Å². The third kappa shape index (κ3) is 2.61. The van der Waals surface area contributed by atoms with Crippen LogP contribution >= 0.6 is 0 Å². The lowest BCUT2D eigenvalue weighted by Crippen LogP contribution is -2.29. The predicted octanol–water partition coefficient (Wildman–Crippen LogP) is 1.91. The minimum absolute atomic E-state index is 0.691. The van der Waals surface area contributed by atoms with Crippen molar-refractivity contribution < 1.29 is 4.52 Å². The van der Waals surface area contributed by atoms with E-state index < -0.39 is 0 Å². The SMILES string of the molecule is c1cc(CN2CC3CN(c4cc(C5CC5)ncn4)CC3C2)on1. The van der Waals surface area contributed by atoms with Crippen LogP contribution in [-0.2, 0) is 6.54 Å². The third-order valence-electron chi connectivity index (χ3n) is 5.43. The summed E-state index contributed by atoms with van der Waals surface area (Å²) in [6.45, 7) is 5.38. The van der Waals surface area contributed by atoms with Gasteiger partial charge in [0.2, 0.25) is 0 Å². The van der Waals surface area contributed by atoms with Crippen molar-refractivity contribution in [1.29, 1.82) is 0 Å². The van der Waals surface area contributed by atoms with Gasteiger partial charge in [-0.15, -0.1) is 0 Å². The molecule has 0 N–H and O–H groups in total. The van der Waals surface area contributed by atoms with Gasteiger partial charge in [-0.2, -0.15) is 0 Å². The molecule has 0 aromatic carbocycles. The molecule has 4 heterocycles. The Bertz CT molecular complexity index is 670. The van der Waals surface area contributed by atoms with E-state index >= 15 is 0 Å². The fourth-order valence-corrected chi connectivity index (χ4v) is 4.09. The van der Waals surface area contributed by atoms with E-state index in [1.807, 2.05) is 6.07 Å². The molecule has 2 aliphatic heterocycles. The molecule has 3 fully saturated rings. The maximum absolute atomic E-state index is 5.23. The Morgan fingerprint density at radius 2 is 1.91 bits per heavy atom. The first-order chi connectivity index (χ1) is 11.3. The highest BCUT2D eigenvalue weighted by Gasteiger charge is 2.40. The number of likely N-dealkylation sites (tertiary alicyclic amines) is 1. The van der Waals surface area contributed by atoms with Gasteiger partial charge in [0, 0.05) is 49.9 Å². The maximum Gasteiger partial charge on any atom is 0.150 e. The molecular formula is C17H21N5O. The molecule has 0 bridgehead atoms. The van der Waals surface area contributed by atoms with Gasteiger partial charge < -0.3 is 9.42 Å². The zero-order valence-electron chi connectivity index (χ0n) is 13.1. The van der Waals surface area contributed by atoms with Gasteiger partial charge in [-0.3, -0.25) is 4.90 Å². The van der Waals surface area contributed by atoms with Gasteiger partial charge in [0.15, 0.2) is 5.76 Å². The summed E-state index contributed by atoms with van der Waals surface area (Å²) in [6, 6.07) is 4.17. The van der Waals surface area contributed by atoms with Crippen molar-refractivity contribution in [2.45, 2.75) is 25.3 Å². The molecule has 2 aromatic rings.